The average molecular weight is 436 g/mol. The Hall–Kier alpha value is -2.28. The third kappa shape index (κ3) is 5.85. The van der Waals surface area contributed by atoms with E-state index in [0.717, 1.165) is 10.0 Å². The summed E-state index contributed by atoms with van der Waals surface area (Å²) in [6.07, 6.45) is 1.46. The van der Waals surface area contributed by atoms with E-state index < -0.39 is 11.7 Å². The van der Waals surface area contributed by atoms with Crippen LogP contribution in [-0.2, 0) is 17.8 Å². The molecule has 1 heterocycles. The summed E-state index contributed by atoms with van der Waals surface area (Å²) in [5, 5.41) is 2.95. The maximum Gasteiger partial charge on any atom is 0.410 e. The van der Waals surface area contributed by atoms with Crippen molar-refractivity contribution in [2.45, 2.75) is 46.4 Å². The quantitative estimate of drug-likeness (QED) is 0.726. The fourth-order valence-corrected chi connectivity index (χ4v) is 3.02. The molecule has 2 aromatic rings. The molecule has 0 unspecified atom stereocenters. The van der Waals surface area contributed by atoms with Gasteiger partial charge in [-0.1, -0.05) is 18.2 Å². The van der Waals surface area contributed by atoms with E-state index in [1.54, 1.807) is 13.1 Å². The highest BCUT2D eigenvalue weighted by Crippen LogP contribution is 2.21. The second-order valence-electron chi connectivity index (χ2n) is 7.28. The molecule has 7 heteroatoms. The largest absolute Gasteiger partial charge is 0.444 e. The fraction of sp³-hybridized carbons (Fsp3) is 0.400. The van der Waals surface area contributed by atoms with E-state index in [-0.39, 0.29) is 5.91 Å². The number of amides is 2. The number of nitrogens with zero attached hydrogens (tertiary/aromatic N) is 2. The Balaban J connectivity index is 2.15. The number of carbonyl (C=O) groups excluding carboxylic acids is 2. The molecule has 27 heavy (non-hydrogen) atoms. The maximum atomic E-state index is 12.7. The third-order valence-electron chi connectivity index (χ3n) is 3.81. The van der Waals surface area contributed by atoms with Crippen LogP contribution in [0.3, 0.4) is 0 Å². The van der Waals surface area contributed by atoms with Crippen LogP contribution >= 0.6 is 15.9 Å². The van der Waals surface area contributed by atoms with Crippen LogP contribution < -0.4 is 5.32 Å². The van der Waals surface area contributed by atoms with E-state index in [1.807, 2.05) is 62.7 Å². The number of halogens is 1. The molecule has 1 aromatic heterocycles. The molecule has 0 spiro atoms. The number of anilines is 1. The van der Waals surface area contributed by atoms with Crippen molar-refractivity contribution >= 4 is 33.6 Å². The lowest BCUT2D eigenvalue weighted by atomic mass is 10.1. The average Bonchev–Trinajstić information content (AvgIpc) is 2.96. The Labute approximate surface area is 168 Å². The molecule has 0 aliphatic heterocycles. The van der Waals surface area contributed by atoms with Gasteiger partial charge in [0, 0.05) is 29.9 Å². The Kier molecular flexibility index (Phi) is 6.70. The molecule has 0 atom stereocenters. The second-order valence-corrected chi connectivity index (χ2v) is 8.19. The Morgan fingerprint density at radius 2 is 1.93 bits per heavy atom. The number of nitrogens with one attached hydrogen (secondary N) is 1. The van der Waals surface area contributed by atoms with Gasteiger partial charge in [0.2, 0.25) is 0 Å². The molecule has 0 fully saturated rings. The summed E-state index contributed by atoms with van der Waals surface area (Å²) < 4.78 is 8.11. The van der Waals surface area contributed by atoms with E-state index >= 15 is 0 Å². The Morgan fingerprint density at radius 1 is 1.26 bits per heavy atom. The van der Waals surface area contributed by atoms with Gasteiger partial charge in [0.05, 0.1) is 6.54 Å². The lowest BCUT2D eigenvalue weighted by Gasteiger charge is -2.25. The molecular formula is C20H26BrN3O3. The van der Waals surface area contributed by atoms with Gasteiger partial charge in [-0.3, -0.25) is 4.79 Å². The van der Waals surface area contributed by atoms with Gasteiger partial charge in [0.15, 0.2) is 0 Å². The van der Waals surface area contributed by atoms with Gasteiger partial charge in [-0.2, -0.15) is 0 Å². The van der Waals surface area contributed by atoms with Gasteiger partial charge in [-0.15, -0.1) is 0 Å². The summed E-state index contributed by atoms with van der Waals surface area (Å²) >= 11 is 3.41. The van der Waals surface area contributed by atoms with Gasteiger partial charge in [0.1, 0.15) is 11.3 Å². The van der Waals surface area contributed by atoms with Crippen LogP contribution in [0, 0.1) is 0 Å². The van der Waals surface area contributed by atoms with Crippen molar-refractivity contribution < 1.29 is 14.3 Å². The van der Waals surface area contributed by atoms with Crippen LogP contribution in [0.25, 0.3) is 0 Å². The third-order valence-corrected chi connectivity index (χ3v) is 4.25. The van der Waals surface area contributed by atoms with Crippen molar-refractivity contribution in [2.75, 3.05) is 12.4 Å². The number of hydrogen-bond acceptors (Lipinski definition) is 3. The summed E-state index contributed by atoms with van der Waals surface area (Å²) in [5.41, 5.74) is 1.50. The van der Waals surface area contributed by atoms with Crippen molar-refractivity contribution in [2.24, 2.45) is 0 Å². The minimum absolute atomic E-state index is 0.199. The number of ether oxygens (including phenoxy) is 1. The molecule has 2 amide bonds. The lowest BCUT2D eigenvalue weighted by molar-refractivity contribution is 0.0285. The Bertz CT molecular complexity index is 824. The van der Waals surface area contributed by atoms with Crippen molar-refractivity contribution in [1.82, 2.24) is 9.47 Å². The number of para-hydroxylation sites is 1. The van der Waals surface area contributed by atoms with Crippen LogP contribution in [0.4, 0.5) is 10.5 Å². The minimum atomic E-state index is -0.558. The molecule has 2 rings (SSSR count). The van der Waals surface area contributed by atoms with Crippen LogP contribution in [0.1, 0.15) is 43.7 Å². The normalized spacial score (nSPS) is 11.2. The first kappa shape index (κ1) is 21.0. The first-order valence-electron chi connectivity index (χ1n) is 8.79. The van der Waals surface area contributed by atoms with Gasteiger partial charge in [0.25, 0.3) is 5.91 Å². The summed E-state index contributed by atoms with van der Waals surface area (Å²) in [6.45, 7) is 8.48. The number of rotatable bonds is 5. The predicted molar refractivity (Wildman–Crippen MR) is 110 cm³/mol. The molecule has 0 bridgehead atoms. The zero-order valence-electron chi connectivity index (χ0n) is 16.4. The number of carbonyl (C=O) groups is 2. The highest BCUT2D eigenvalue weighted by Gasteiger charge is 2.21. The van der Waals surface area contributed by atoms with Crippen molar-refractivity contribution in [1.29, 1.82) is 0 Å². The Morgan fingerprint density at radius 3 is 2.56 bits per heavy atom. The number of benzene rings is 1. The monoisotopic (exact) mass is 435 g/mol. The molecule has 6 nitrogen and oxygen atoms in total. The summed E-state index contributed by atoms with van der Waals surface area (Å²) in [5.74, 6) is -0.199. The maximum absolute atomic E-state index is 12.7. The molecule has 0 radical (unpaired) electrons. The SMILES string of the molecule is CCn1cc(Br)cc1C(=O)Nc1ccccc1CN(C)C(=O)OC(C)(C)C. The zero-order valence-corrected chi connectivity index (χ0v) is 18.0. The molecule has 0 aliphatic carbocycles. The van der Waals surface area contributed by atoms with Crippen molar-refractivity contribution in [3.05, 3.63) is 52.3 Å². The molecule has 1 aromatic carbocycles. The van der Waals surface area contributed by atoms with Gasteiger partial charge >= 0.3 is 6.09 Å². The molecule has 146 valence electrons. The van der Waals surface area contributed by atoms with E-state index in [2.05, 4.69) is 21.2 Å². The smallest absolute Gasteiger partial charge is 0.410 e. The first-order chi connectivity index (χ1) is 12.6. The van der Waals surface area contributed by atoms with Crippen molar-refractivity contribution in [3.8, 4) is 0 Å². The van der Waals surface area contributed by atoms with E-state index in [1.165, 1.54) is 4.90 Å². The topological polar surface area (TPSA) is 63.6 Å². The lowest BCUT2D eigenvalue weighted by Crippen LogP contribution is -2.34. The van der Waals surface area contributed by atoms with Crippen LogP contribution in [0.2, 0.25) is 0 Å². The van der Waals surface area contributed by atoms with Crippen molar-refractivity contribution in [3.63, 3.8) is 0 Å². The van der Waals surface area contributed by atoms with Gasteiger partial charge < -0.3 is 19.5 Å². The summed E-state index contributed by atoms with van der Waals surface area (Å²) in [7, 11) is 1.67. The van der Waals surface area contributed by atoms with E-state index in [4.69, 9.17) is 4.74 Å². The van der Waals surface area contributed by atoms with Crippen LogP contribution in [0.15, 0.2) is 41.0 Å². The number of hydrogen-bond donors (Lipinski definition) is 1. The molecular weight excluding hydrogens is 410 g/mol. The highest BCUT2D eigenvalue weighted by molar-refractivity contribution is 9.10. The van der Waals surface area contributed by atoms with Gasteiger partial charge in [-0.05, 0) is 61.3 Å². The van der Waals surface area contributed by atoms with Gasteiger partial charge in [-0.25, -0.2) is 4.79 Å². The number of aromatic nitrogens is 1. The van der Waals surface area contributed by atoms with E-state index in [0.29, 0.717) is 24.5 Å². The molecule has 0 saturated carbocycles. The highest BCUT2D eigenvalue weighted by atomic mass is 79.9. The zero-order chi connectivity index (χ0) is 20.2. The minimum Gasteiger partial charge on any atom is -0.444 e. The predicted octanol–water partition coefficient (Wildman–Crippen LogP) is 4.89. The van der Waals surface area contributed by atoms with E-state index in [9.17, 15) is 9.59 Å². The molecule has 1 N–H and O–H groups in total. The van der Waals surface area contributed by atoms with Crippen LogP contribution in [0.5, 0.6) is 0 Å². The van der Waals surface area contributed by atoms with Crippen LogP contribution in [-0.4, -0.2) is 34.1 Å². The number of aryl methyl sites for hydroxylation is 1. The fourth-order valence-electron chi connectivity index (χ4n) is 2.55. The summed E-state index contributed by atoms with van der Waals surface area (Å²) in [6, 6.07) is 9.21. The molecule has 0 saturated heterocycles. The first-order valence-corrected chi connectivity index (χ1v) is 9.59. The second kappa shape index (κ2) is 8.61. The standard InChI is InChI=1S/C20H26BrN3O3/c1-6-24-13-15(21)11-17(24)18(25)22-16-10-8-7-9-14(16)12-23(5)19(26)27-20(2,3)4/h7-11,13H,6,12H2,1-5H3,(H,22,25). The molecule has 0 aliphatic rings. The summed E-state index contributed by atoms with van der Waals surface area (Å²) in [4.78, 5) is 26.4.